The minimum Gasteiger partial charge on any atom is -0.366 e. The van der Waals surface area contributed by atoms with Crippen LogP contribution < -0.4 is 0 Å². The molecule has 2 heteroatoms. The van der Waals surface area contributed by atoms with Crippen molar-refractivity contribution in [2.75, 3.05) is 6.61 Å². The molecule has 0 aromatic rings. The second-order valence-corrected chi connectivity index (χ2v) is 2.51. The van der Waals surface area contributed by atoms with Crippen molar-refractivity contribution in [3.8, 4) is 0 Å². The molecule has 1 atom stereocenters. The Kier molecular flexibility index (Phi) is 1.90. The van der Waals surface area contributed by atoms with E-state index in [0.29, 0.717) is 6.61 Å². The number of ketones is 1. The molecule has 0 saturated carbocycles. The van der Waals surface area contributed by atoms with Gasteiger partial charge in [-0.2, -0.15) is 0 Å². The molecule has 0 heterocycles. The van der Waals surface area contributed by atoms with Crippen molar-refractivity contribution < 1.29 is 9.53 Å². The van der Waals surface area contributed by atoms with Crippen LogP contribution in [-0.2, 0) is 9.53 Å². The molecular formula is C8H12O2. The highest BCUT2D eigenvalue weighted by Gasteiger charge is 2.33. The first-order chi connectivity index (χ1) is 4.68. The number of hydrogen-bond acceptors (Lipinski definition) is 2. The second kappa shape index (κ2) is 2.54. The molecule has 2 nitrogen and oxygen atoms in total. The molecule has 0 N–H and O–H groups in total. The van der Waals surface area contributed by atoms with Crippen LogP contribution in [-0.4, -0.2) is 18.5 Å². The predicted molar refractivity (Wildman–Crippen MR) is 38.8 cm³/mol. The maximum absolute atomic E-state index is 11.0. The number of carbonyl (C=O) groups excluding carboxylic acids is 1. The standard InChI is InChI=1S/C8H12O2/c1-4-10-8-6(3)5(2)7(8)9/h8H,4H2,1-3H3. The number of rotatable bonds is 2. The van der Waals surface area contributed by atoms with Crippen LogP contribution in [0.2, 0.25) is 0 Å². The number of ether oxygens (including phenoxy) is 1. The lowest BCUT2D eigenvalue weighted by Crippen LogP contribution is -2.36. The Labute approximate surface area is 60.9 Å². The van der Waals surface area contributed by atoms with Gasteiger partial charge in [-0.15, -0.1) is 0 Å². The summed E-state index contributed by atoms with van der Waals surface area (Å²) in [6.45, 7) is 6.29. The van der Waals surface area contributed by atoms with E-state index in [9.17, 15) is 4.79 Å². The summed E-state index contributed by atoms with van der Waals surface area (Å²) in [5, 5.41) is 0. The zero-order valence-electron chi connectivity index (χ0n) is 6.60. The van der Waals surface area contributed by atoms with E-state index in [1.807, 2.05) is 20.8 Å². The van der Waals surface area contributed by atoms with Crippen LogP contribution in [0.1, 0.15) is 20.8 Å². The summed E-state index contributed by atoms with van der Waals surface area (Å²) in [5.41, 5.74) is 1.96. The van der Waals surface area contributed by atoms with E-state index in [0.717, 1.165) is 11.1 Å². The van der Waals surface area contributed by atoms with Crippen LogP contribution in [0.25, 0.3) is 0 Å². The number of hydrogen-bond donors (Lipinski definition) is 0. The molecule has 0 aliphatic heterocycles. The summed E-state index contributed by atoms with van der Waals surface area (Å²) in [5.74, 6) is 0.152. The Morgan fingerprint density at radius 3 is 2.50 bits per heavy atom. The summed E-state index contributed by atoms with van der Waals surface area (Å²) in [6, 6.07) is 0. The Balaban J connectivity index is 2.62. The molecule has 0 aromatic carbocycles. The van der Waals surface area contributed by atoms with Crippen LogP contribution in [0.5, 0.6) is 0 Å². The van der Waals surface area contributed by atoms with Crippen molar-refractivity contribution >= 4 is 5.78 Å². The van der Waals surface area contributed by atoms with E-state index in [4.69, 9.17) is 4.74 Å². The molecule has 0 saturated heterocycles. The van der Waals surface area contributed by atoms with Crippen molar-refractivity contribution in [3.63, 3.8) is 0 Å². The Morgan fingerprint density at radius 1 is 1.50 bits per heavy atom. The highest BCUT2D eigenvalue weighted by atomic mass is 16.5. The number of carbonyl (C=O) groups is 1. The first-order valence-electron chi connectivity index (χ1n) is 3.51. The maximum Gasteiger partial charge on any atom is 0.191 e. The van der Waals surface area contributed by atoms with Crippen molar-refractivity contribution in [3.05, 3.63) is 11.1 Å². The third-order valence-corrected chi connectivity index (χ3v) is 1.93. The van der Waals surface area contributed by atoms with Gasteiger partial charge in [0.25, 0.3) is 0 Å². The van der Waals surface area contributed by atoms with E-state index in [2.05, 4.69) is 0 Å². The third kappa shape index (κ3) is 0.886. The van der Waals surface area contributed by atoms with Crippen molar-refractivity contribution in [2.45, 2.75) is 26.9 Å². The van der Waals surface area contributed by atoms with E-state index < -0.39 is 0 Å². The fourth-order valence-corrected chi connectivity index (χ4v) is 1.07. The van der Waals surface area contributed by atoms with Crippen LogP contribution in [0.15, 0.2) is 11.1 Å². The molecule has 0 aromatic heterocycles. The molecule has 1 unspecified atom stereocenters. The lowest BCUT2D eigenvalue weighted by Gasteiger charge is -2.27. The van der Waals surface area contributed by atoms with Crippen molar-refractivity contribution in [1.29, 1.82) is 0 Å². The van der Waals surface area contributed by atoms with E-state index in [1.165, 1.54) is 0 Å². The zero-order chi connectivity index (χ0) is 7.72. The minimum absolute atomic E-state index is 0.152. The summed E-state index contributed by atoms with van der Waals surface area (Å²) in [7, 11) is 0. The highest BCUT2D eigenvalue weighted by molar-refractivity contribution is 6.08. The van der Waals surface area contributed by atoms with Crippen LogP contribution in [0.4, 0.5) is 0 Å². The number of Topliss-reactive ketones (excluding diaryl/α,β-unsaturated/α-hetero) is 1. The topological polar surface area (TPSA) is 26.3 Å². The van der Waals surface area contributed by atoms with Gasteiger partial charge in [-0.05, 0) is 31.9 Å². The van der Waals surface area contributed by atoms with E-state index in [1.54, 1.807) is 0 Å². The minimum atomic E-state index is -0.218. The first-order valence-corrected chi connectivity index (χ1v) is 3.51. The van der Waals surface area contributed by atoms with Gasteiger partial charge in [-0.1, -0.05) is 0 Å². The van der Waals surface area contributed by atoms with Gasteiger partial charge in [0, 0.05) is 6.61 Å². The van der Waals surface area contributed by atoms with Gasteiger partial charge >= 0.3 is 0 Å². The van der Waals surface area contributed by atoms with Gasteiger partial charge in [-0.3, -0.25) is 4.79 Å². The monoisotopic (exact) mass is 140 g/mol. The summed E-state index contributed by atoms with van der Waals surface area (Å²) >= 11 is 0. The van der Waals surface area contributed by atoms with Crippen molar-refractivity contribution in [2.24, 2.45) is 0 Å². The largest absolute Gasteiger partial charge is 0.366 e. The quantitative estimate of drug-likeness (QED) is 0.578. The van der Waals surface area contributed by atoms with Gasteiger partial charge in [-0.25, -0.2) is 0 Å². The average molecular weight is 140 g/mol. The van der Waals surface area contributed by atoms with E-state index >= 15 is 0 Å². The van der Waals surface area contributed by atoms with E-state index in [-0.39, 0.29) is 11.9 Å². The lowest BCUT2D eigenvalue weighted by atomic mass is 9.86. The molecule has 0 amide bonds. The first kappa shape index (κ1) is 7.48. The molecule has 1 aliphatic carbocycles. The second-order valence-electron chi connectivity index (χ2n) is 2.51. The predicted octanol–water partition coefficient (Wildman–Crippen LogP) is 1.31. The Morgan fingerprint density at radius 2 is 2.10 bits per heavy atom. The van der Waals surface area contributed by atoms with Gasteiger partial charge in [0.05, 0.1) is 0 Å². The summed E-state index contributed by atoms with van der Waals surface area (Å²) in [4.78, 5) is 11.0. The Bertz CT molecular complexity index is 191. The fourth-order valence-electron chi connectivity index (χ4n) is 1.07. The van der Waals surface area contributed by atoms with Crippen molar-refractivity contribution in [1.82, 2.24) is 0 Å². The zero-order valence-corrected chi connectivity index (χ0v) is 6.60. The Hall–Kier alpha value is -0.630. The fraction of sp³-hybridized carbons (Fsp3) is 0.625. The van der Waals surface area contributed by atoms with Crippen LogP contribution in [0.3, 0.4) is 0 Å². The van der Waals surface area contributed by atoms with Gasteiger partial charge in [0.15, 0.2) is 5.78 Å². The average Bonchev–Trinajstić information content (AvgIpc) is 1.98. The molecule has 56 valence electrons. The maximum atomic E-state index is 11.0. The molecule has 0 spiro atoms. The molecule has 0 radical (unpaired) electrons. The molecular weight excluding hydrogens is 128 g/mol. The molecule has 0 fully saturated rings. The van der Waals surface area contributed by atoms with Crippen LogP contribution in [0, 0.1) is 0 Å². The summed E-state index contributed by atoms with van der Waals surface area (Å²) in [6.07, 6.45) is -0.218. The highest BCUT2D eigenvalue weighted by Crippen LogP contribution is 2.25. The van der Waals surface area contributed by atoms with Gasteiger partial charge < -0.3 is 4.74 Å². The molecule has 0 bridgehead atoms. The molecule has 10 heavy (non-hydrogen) atoms. The van der Waals surface area contributed by atoms with Crippen LogP contribution >= 0.6 is 0 Å². The summed E-state index contributed by atoms with van der Waals surface area (Å²) < 4.78 is 5.17. The lowest BCUT2D eigenvalue weighted by molar-refractivity contribution is -0.127. The molecule has 1 rings (SSSR count). The smallest absolute Gasteiger partial charge is 0.191 e. The van der Waals surface area contributed by atoms with Gasteiger partial charge in [0.2, 0.25) is 0 Å². The van der Waals surface area contributed by atoms with Gasteiger partial charge in [0.1, 0.15) is 6.10 Å². The third-order valence-electron chi connectivity index (χ3n) is 1.93. The molecule has 1 aliphatic rings. The SMILES string of the molecule is CCOC1C(=O)C(C)=C1C. The normalized spacial score (nSPS) is 25.1.